The van der Waals surface area contributed by atoms with Gasteiger partial charge in [-0.3, -0.25) is 4.68 Å². The van der Waals surface area contributed by atoms with Gasteiger partial charge in [0.15, 0.2) is 0 Å². The number of nitrogens with one attached hydrogen (secondary N) is 1. The standard InChI is InChI=1S/C15H22N4OS/c1-10-14(11(2)19(3)18-10)15-12(4-5-20-15)6-16-7-13-8-21-9-17-13/h8-9,12,15-16H,4-7H2,1-3H3/t12-,15+/m1/s1. The third-order valence-corrected chi connectivity index (χ3v) is 4.90. The SMILES string of the molecule is Cc1nn(C)c(C)c1[C@H]1OCC[C@@H]1CNCc1cscn1. The van der Waals surface area contributed by atoms with E-state index in [1.54, 1.807) is 11.3 Å². The molecular formula is C15H22N4OS. The smallest absolute Gasteiger partial charge is 0.0901 e. The van der Waals surface area contributed by atoms with Gasteiger partial charge in [0.25, 0.3) is 0 Å². The Morgan fingerprint density at radius 3 is 3.00 bits per heavy atom. The maximum atomic E-state index is 6.01. The lowest BCUT2D eigenvalue weighted by atomic mass is 9.94. The minimum absolute atomic E-state index is 0.168. The summed E-state index contributed by atoms with van der Waals surface area (Å²) in [6.45, 7) is 6.82. The fourth-order valence-corrected chi connectivity index (χ4v) is 3.63. The Morgan fingerprint density at radius 2 is 2.33 bits per heavy atom. The van der Waals surface area contributed by atoms with Gasteiger partial charge in [0, 0.05) is 49.3 Å². The number of rotatable bonds is 5. The summed E-state index contributed by atoms with van der Waals surface area (Å²) in [5, 5.41) is 10.1. The van der Waals surface area contributed by atoms with Crippen LogP contribution in [0.3, 0.4) is 0 Å². The first-order valence-corrected chi connectivity index (χ1v) is 8.30. The second-order valence-electron chi connectivity index (χ2n) is 5.66. The maximum Gasteiger partial charge on any atom is 0.0901 e. The van der Waals surface area contributed by atoms with Crippen molar-refractivity contribution < 1.29 is 4.74 Å². The number of ether oxygens (including phenoxy) is 1. The lowest BCUT2D eigenvalue weighted by molar-refractivity contribution is 0.0893. The van der Waals surface area contributed by atoms with E-state index in [9.17, 15) is 0 Å². The van der Waals surface area contributed by atoms with Crippen LogP contribution in [0.1, 0.15) is 35.2 Å². The molecule has 5 nitrogen and oxygen atoms in total. The second kappa shape index (κ2) is 6.25. The zero-order chi connectivity index (χ0) is 14.8. The third kappa shape index (κ3) is 3.02. The summed E-state index contributed by atoms with van der Waals surface area (Å²) >= 11 is 1.64. The molecule has 2 aromatic heterocycles. The van der Waals surface area contributed by atoms with Crippen molar-refractivity contribution in [2.45, 2.75) is 32.9 Å². The van der Waals surface area contributed by atoms with E-state index < -0.39 is 0 Å². The molecule has 1 saturated heterocycles. The van der Waals surface area contributed by atoms with Crippen molar-refractivity contribution in [3.05, 3.63) is 33.5 Å². The van der Waals surface area contributed by atoms with Crippen LogP contribution in [0.15, 0.2) is 10.9 Å². The van der Waals surface area contributed by atoms with Crippen molar-refractivity contribution in [2.75, 3.05) is 13.2 Å². The van der Waals surface area contributed by atoms with Gasteiger partial charge in [0.2, 0.25) is 0 Å². The number of aryl methyl sites for hydroxylation is 2. The van der Waals surface area contributed by atoms with Crippen LogP contribution in [0.25, 0.3) is 0 Å². The van der Waals surface area contributed by atoms with Gasteiger partial charge in [0.1, 0.15) is 0 Å². The lowest BCUT2D eigenvalue weighted by Gasteiger charge is -2.19. The topological polar surface area (TPSA) is 52.0 Å². The average Bonchev–Trinajstić information content (AvgIpc) is 3.15. The first-order chi connectivity index (χ1) is 10.2. The molecule has 3 heterocycles. The molecule has 114 valence electrons. The van der Waals surface area contributed by atoms with Crippen LogP contribution < -0.4 is 5.32 Å². The van der Waals surface area contributed by atoms with Crippen LogP contribution in [-0.4, -0.2) is 27.9 Å². The van der Waals surface area contributed by atoms with Crippen molar-refractivity contribution >= 4 is 11.3 Å². The van der Waals surface area contributed by atoms with Gasteiger partial charge in [-0.25, -0.2) is 4.98 Å². The summed E-state index contributed by atoms with van der Waals surface area (Å²) in [5.74, 6) is 0.505. The van der Waals surface area contributed by atoms with Crippen LogP contribution in [-0.2, 0) is 18.3 Å². The largest absolute Gasteiger partial charge is 0.373 e. The summed E-state index contributed by atoms with van der Waals surface area (Å²) in [4.78, 5) is 4.30. The van der Waals surface area contributed by atoms with Gasteiger partial charge < -0.3 is 10.1 Å². The fraction of sp³-hybridized carbons (Fsp3) is 0.600. The van der Waals surface area contributed by atoms with Gasteiger partial charge in [-0.15, -0.1) is 11.3 Å². The van der Waals surface area contributed by atoms with Crippen LogP contribution in [0.2, 0.25) is 0 Å². The Hall–Kier alpha value is -1.24. The van der Waals surface area contributed by atoms with Gasteiger partial charge in [-0.2, -0.15) is 5.10 Å². The van der Waals surface area contributed by atoms with E-state index in [-0.39, 0.29) is 6.10 Å². The molecule has 21 heavy (non-hydrogen) atoms. The second-order valence-corrected chi connectivity index (χ2v) is 6.38. The Kier molecular flexibility index (Phi) is 4.37. The first kappa shape index (κ1) is 14.7. The highest BCUT2D eigenvalue weighted by Crippen LogP contribution is 2.37. The van der Waals surface area contributed by atoms with Gasteiger partial charge in [-0.05, 0) is 20.3 Å². The molecule has 1 fully saturated rings. The van der Waals surface area contributed by atoms with Crippen molar-refractivity contribution in [1.29, 1.82) is 0 Å². The minimum Gasteiger partial charge on any atom is -0.373 e. The molecule has 0 radical (unpaired) electrons. The van der Waals surface area contributed by atoms with E-state index in [4.69, 9.17) is 4.74 Å². The normalized spacial score (nSPS) is 22.0. The highest BCUT2D eigenvalue weighted by molar-refractivity contribution is 7.07. The third-order valence-electron chi connectivity index (χ3n) is 4.26. The van der Waals surface area contributed by atoms with Crippen molar-refractivity contribution in [1.82, 2.24) is 20.1 Å². The summed E-state index contributed by atoms with van der Waals surface area (Å²) in [6, 6.07) is 0. The Balaban J connectivity index is 1.65. The first-order valence-electron chi connectivity index (χ1n) is 7.36. The molecule has 3 rings (SSSR count). The molecule has 0 unspecified atom stereocenters. The lowest BCUT2D eigenvalue weighted by Crippen LogP contribution is -2.25. The molecule has 2 atom stereocenters. The molecule has 0 amide bonds. The Morgan fingerprint density at radius 1 is 1.48 bits per heavy atom. The van der Waals surface area contributed by atoms with Crippen LogP contribution >= 0.6 is 11.3 Å². The summed E-state index contributed by atoms with van der Waals surface area (Å²) in [5.41, 5.74) is 6.57. The Bertz CT molecular complexity index is 593. The summed E-state index contributed by atoms with van der Waals surface area (Å²) < 4.78 is 7.96. The van der Waals surface area contributed by atoms with Gasteiger partial charge in [0.05, 0.1) is 23.0 Å². The van der Waals surface area contributed by atoms with Gasteiger partial charge in [-0.1, -0.05) is 0 Å². The van der Waals surface area contributed by atoms with E-state index >= 15 is 0 Å². The predicted molar refractivity (Wildman–Crippen MR) is 83.3 cm³/mol. The predicted octanol–water partition coefficient (Wildman–Crippen LogP) is 2.36. The maximum absolute atomic E-state index is 6.01. The van der Waals surface area contributed by atoms with E-state index in [1.807, 2.05) is 17.2 Å². The van der Waals surface area contributed by atoms with E-state index in [0.717, 1.165) is 37.5 Å². The van der Waals surface area contributed by atoms with Crippen molar-refractivity contribution in [3.8, 4) is 0 Å². The van der Waals surface area contributed by atoms with E-state index in [2.05, 4.69) is 34.6 Å². The summed E-state index contributed by atoms with van der Waals surface area (Å²) in [6.07, 6.45) is 1.27. The average molecular weight is 306 g/mol. The van der Waals surface area contributed by atoms with E-state index in [0.29, 0.717) is 5.92 Å². The zero-order valence-corrected chi connectivity index (χ0v) is 13.6. The van der Waals surface area contributed by atoms with Crippen LogP contribution in [0.4, 0.5) is 0 Å². The molecule has 0 saturated carbocycles. The molecule has 6 heteroatoms. The Labute approximate surface area is 129 Å². The summed E-state index contributed by atoms with van der Waals surface area (Å²) in [7, 11) is 2.00. The fourth-order valence-electron chi connectivity index (χ4n) is 3.07. The molecule has 1 aliphatic heterocycles. The molecule has 1 aliphatic rings. The quantitative estimate of drug-likeness (QED) is 0.921. The molecule has 0 bridgehead atoms. The molecule has 0 spiro atoms. The van der Waals surface area contributed by atoms with Crippen LogP contribution in [0, 0.1) is 19.8 Å². The van der Waals surface area contributed by atoms with Crippen LogP contribution in [0.5, 0.6) is 0 Å². The van der Waals surface area contributed by atoms with Crippen molar-refractivity contribution in [2.24, 2.45) is 13.0 Å². The van der Waals surface area contributed by atoms with Crippen molar-refractivity contribution in [3.63, 3.8) is 0 Å². The molecule has 0 aromatic carbocycles. The molecule has 2 aromatic rings. The molecular weight excluding hydrogens is 284 g/mol. The number of thiazole rings is 1. The number of aromatic nitrogens is 3. The molecule has 0 aliphatic carbocycles. The number of nitrogens with zero attached hydrogens (tertiary/aromatic N) is 3. The zero-order valence-electron chi connectivity index (χ0n) is 12.8. The number of hydrogen-bond acceptors (Lipinski definition) is 5. The monoisotopic (exact) mass is 306 g/mol. The number of hydrogen-bond donors (Lipinski definition) is 1. The molecule has 1 N–H and O–H groups in total. The van der Waals surface area contributed by atoms with E-state index in [1.165, 1.54) is 11.3 Å². The minimum atomic E-state index is 0.168. The highest BCUT2D eigenvalue weighted by Gasteiger charge is 2.33. The van der Waals surface area contributed by atoms with Gasteiger partial charge >= 0.3 is 0 Å². The highest BCUT2D eigenvalue weighted by atomic mass is 32.1.